The number of rotatable bonds is 0. The highest BCUT2D eigenvalue weighted by Gasteiger charge is 2.13. The molecule has 0 spiro atoms. The Kier molecular flexibility index (Phi) is 5.26. The Labute approximate surface area is 77.1 Å². The Bertz CT molecular complexity index is 69.5. The maximum Gasteiger partial charge on any atom is 0.0204 e. The van der Waals surface area contributed by atoms with Crippen molar-refractivity contribution in [2.75, 3.05) is 6.54 Å². The molecule has 1 unspecified atom stereocenters. The summed E-state index contributed by atoms with van der Waals surface area (Å²) in [6.45, 7) is 3.59. The molecule has 0 N–H and O–H groups in total. The van der Waals surface area contributed by atoms with Crippen LogP contribution in [0.4, 0.5) is 0 Å². The van der Waals surface area contributed by atoms with E-state index >= 15 is 0 Å². The molecule has 1 saturated heterocycles. The van der Waals surface area contributed by atoms with Gasteiger partial charge in [0.15, 0.2) is 0 Å². The van der Waals surface area contributed by atoms with Crippen molar-refractivity contribution in [2.45, 2.75) is 32.2 Å². The van der Waals surface area contributed by atoms with Crippen LogP contribution in [0.25, 0.3) is 0 Å². The molecule has 1 heterocycles. The summed E-state index contributed by atoms with van der Waals surface area (Å²) in [4.78, 5) is 0. The van der Waals surface area contributed by atoms with Gasteiger partial charge in [0.05, 0.1) is 0 Å². The van der Waals surface area contributed by atoms with Gasteiger partial charge >= 0.3 is 0 Å². The zero-order valence-corrected chi connectivity index (χ0v) is 8.61. The second-order valence-electron chi connectivity index (χ2n) is 2.47. The van der Waals surface area contributed by atoms with Crippen LogP contribution in [0.3, 0.4) is 0 Å². The van der Waals surface area contributed by atoms with Crippen LogP contribution in [0, 0.1) is 0 Å². The van der Waals surface area contributed by atoms with E-state index in [0.717, 1.165) is 6.04 Å². The molecule has 1 atom stereocenters. The van der Waals surface area contributed by atoms with Crippen molar-refractivity contribution in [3.05, 3.63) is 0 Å². The molecule has 1 nitrogen and oxygen atoms in total. The Hall–Kier alpha value is 0.980. The van der Waals surface area contributed by atoms with Crippen LogP contribution in [0.2, 0.25) is 0 Å². The van der Waals surface area contributed by atoms with Gasteiger partial charge in [-0.3, -0.25) is 0 Å². The molecule has 1 aliphatic heterocycles. The van der Waals surface area contributed by atoms with Crippen molar-refractivity contribution in [3.63, 3.8) is 0 Å². The normalized spacial score (nSPS) is 29.3. The van der Waals surface area contributed by atoms with E-state index < -0.39 is 0 Å². The van der Waals surface area contributed by atoms with E-state index in [-0.39, 0.29) is 12.4 Å². The molecular weight excluding hydrogens is 248 g/mol. The Morgan fingerprint density at radius 1 is 1.44 bits per heavy atom. The van der Waals surface area contributed by atoms with Crippen LogP contribution in [0.1, 0.15) is 26.2 Å². The third-order valence-electron chi connectivity index (χ3n) is 1.72. The lowest BCUT2D eigenvalue weighted by molar-refractivity contribution is 0.317. The van der Waals surface area contributed by atoms with Gasteiger partial charge in [0.25, 0.3) is 0 Å². The monoisotopic (exact) mass is 261 g/mol. The first-order valence-corrected chi connectivity index (χ1v) is 4.19. The van der Waals surface area contributed by atoms with E-state index in [1.807, 2.05) is 0 Å². The summed E-state index contributed by atoms with van der Waals surface area (Å²) >= 11 is 2.42. The average Bonchev–Trinajstić information content (AvgIpc) is 1.77. The summed E-state index contributed by atoms with van der Waals surface area (Å²) in [5.41, 5.74) is 0. The molecule has 0 aromatic carbocycles. The fourth-order valence-corrected chi connectivity index (χ4v) is 1.68. The Morgan fingerprint density at radius 3 is 2.44 bits per heavy atom. The van der Waals surface area contributed by atoms with Crippen molar-refractivity contribution in [2.24, 2.45) is 0 Å². The highest BCUT2D eigenvalue weighted by molar-refractivity contribution is 14.1. The summed E-state index contributed by atoms with van der Waals surface area (Å²) < 4.78 is 2.40. The van der Waals surface area contributed by atoms with Gasteiger partial charge in [-0.1, -0.05) is 6.42 Å². The number of nitrogens with zero attached hydrogens (tertiary/aromatic N) is 1. The van der Waals surface area contributed by atoms with Gasteiger partial charge in [-0.15, -0.1) is 12.4 Å². The summed E-state index contributed by atoms with van der Waals surface area (Å²) in [5, 5.41) is 0. The topological polar surface area (TPSA) is 3.24 Å². The molecule has 1 rings (SSSR count). The highest BCUT2D eigenvalue weighted by Crippen LogP contribution is 2.19. The van der Waals surface area contributed by atoms with E-state index in [2.05, 4.69) is 32.9 Å². The fourth-order valence-electron chi connectivity index (χ4n) is 1.06. The summed E-state index contributed by atoms with van der Waals surface area (Å²) in [7, 11) is 0. The van der Waals surface area contributed by atoms with Crippen molar-refractivity contribution in [3.8, 4) is 0 Å². The fraction of sp³-hybridized carbons (Fsp3) is 1.00. The third kappa shape index (κ3) is 3.05. The minimum absolute atomic E-state index is 0. The van der Waals surface area contributed by atoms with Gasteiger partial charge in [-0.2, -0.15) is 0 Å². The first-order valence-electron chi connectivity index (χ1n) is 3.23. The zero-order valence-electron chi connectivity index (χ0n) is 5.64. The largest absolute Gasteiger partial charge is 0.245 e. The van der Waals surface area contributed by atoms with E-state index in [0.29, 0.717) is 0 Å². The highest BCUT2D eigenvalue weighted by atomic mass is 127. The van der Waals surface area contributed by atoms with Gasteiger partial charge in [0.2, 0.25) is 0 Å². The van der Waals surface area contributed by atoms with Crippen molar-refractivity contribution in [1.29, 1.82) is 0 Å². The van der Waals surface area contributed by atoms with Crippen LogP contribution in [-0.4, -0.2) is 15.7 Å². The van der Waals surface area contributed by atoms with Gasteiger partial charge in [0.1, 0.15) is 0 Å². The number of hydrogen-bond donors (Lipinski definition) is 0. The van der Waals surface area contributed by atoms with Crippen molar-refractivity contribution in [1.82, 2.24) is 3.11 Å². The van der Waals surface area contributed by atoms with E-state index in [9.17, 15) is 0 Å². The summed E-state index contributed by atoms with van der Waals surface area (Å²) in [6, 6.07) is 0.823. The van der Waals surface area contributed by atoms with Crippen molar-refractivity contribution >= 4 is 35.3 Å². The maximum atomic E-state index is 2.42. The van der Waals surface area contributed by atoms with Gasteiger partial charge in [-0.25, -0.2) is 3.11 Å². The second kappa shape index (κ2) is 4.74. The first kappa shape index (κ1) is 9.98. The molecule has 0 aliphatic carbocycles. The molecule has 0 aromatic rings. The molecular formula is C6H13ClIN. The second-order valence-corrected chi connectivity index (χ2v) is 3.71. The standard InChI is InChI=1S/C6H12IN.ClH/c1-6-4-2-3-5-8(6)7;/h6H,2-5H2,1H3;1H. The van der Waals surface area contributed by atoms with Gasteiger partial charge in [0, 0.05) is 35.5 Å². The predicted octanol–water partition coefficient (Wildman–Crippen LogP) is 2.63. The lowest BCUT2D eigenvalue weighted by Crippen LogP contribution is -2.28. The van der Waals surface area contributed by atoms with Crippen LogP contribution in [-0.2, 0) is 0 Å². The zero-order chi connectivity index (χ0) is 5.98. The molecule has 3 heteroatoms. The number of hydrogen-bond acceptors (Lipinski definition) is 1. The van der Waals surface area contributed by atoms with Crippen LogP contribution >= 0.6 is 35.3 Å². The van der Waals surface area contributed by atoms with Crippen LogP contribution in [0.5, 0.6) is 0 Å². The van der Waals surface area contributed by atoms with Gasteiger partial charge < -0.3 is 0 Å². The minimum Gasteiger partial charge on any atom is -0.245 e. The van der Waals surface area contributed by atoms with E-state index in [4.69, 9.17) is 0 Å². The minimum atomic E-state index is 0. The van der Waals surface area contributed by atoms with E-state index in [1.54, 1.807) is 0 Å². The molecule has 56 valence electrons. The molecule has 1 fully saturated rings. The maximum absolute atomic E-state index is 2.42. The smallest absolute Gasteiger partial charge is 0.0204 e. The Balaban J connectivity index is 0.000000640. The average molecular weight is 262 g/mol. The first-order chi connectivity index (χ1) is 3.80. The quantitative estimate of drug-likeness (QED) is 0.479. The predicted molar refractivity (Wildman–Crippen MR) is 51.3 cm³/mol. The summed E-state index contributed by atoms with van der Waals surface area (Å²) in [6.07, 6.45) is 4.22. The molecule has 0 bridgehead atoms. The molecule has 1 aliphatic rings. The van der Waals surface area contributed by atoms with Gasteiger partial charge in [-0.05, 0) is 19.8 Å². The molecule has 9 heavy (non-hydrogen) atoms. The Morgan fingerprint density at radius 2 is 2.11 bits per heavy atom. The lowest BCUT2D eigenvalue weighted by Gasteiger charge is -2.26. The van der Waals surface area contributed by atoms with Crippen molar-refractivity contribution < 1.29 is 0 Å². The van der Waals surface area contributed by atoms with Crippen LogP contribution < -0.4 is 0 Å². The SMILES string of the molecule is CC1CCCCN1I.Cl. The molecule has 0 saturated carbocycles. The number of piperidine rings is 1. The number of halogens is 2. The van der Waals surface area contributed by atoms with E-state index in [1.165, 1.54) is 25.8 Å². The molecule has 0 radical (unpaired) electrons. The molecule has 0 aromatic heterocycles. The molecule has 0 amide bonds. The van der Waals surface area contributed by atoms with Crippen LogP contribution in [0.15, 0.2) is 0 Å². The third-order valence-corrected chi connectivity index (χ3v) is 3.16. The summed E-state index contributed by atoms with van der Waals surface area (Å²) in [5.74, 6) is 0. The lowest BCUT2D eigenvalue weighted by atomic mass is 10.1.